The first-order valence-electron chi connectivity index (χ1n) is 11.1. The predicted octanol–water partition coefficient (Wildman–Crippen LogP) is 2.32. The molecule has 8 nitrogen and oxygen atoms in total. The van der Waals surface area contributed by atoms with Crippen molar-refractivity contribution in [1.82, 2.24) is 14.5 Å². The highest BCUT2D eigenvalue weighted by Crippen LogP contribution is 2.32. The molecule has 1 N–H and O–H groups in total. The molecular weight excluding hydrogens is 442 g/mol. The Bertz CT molecular complexity index is 1020. The molecule has 9 heteroatoms. The monoisotopic (exact) mass is 475 g/mol. The largest absolute Gasteiger partial charge is 0.497 e. The Morgan fingerprint density at radius 3 is 2.42 bits per heavy atom. The second-order valence-electron chi connectivity index (χ2n) is 8.07. The van der Waals surface area contributed by atoms with Gasteiger partial charge in [-0.2, -0.15) is 4.31 Å². The van der Waals surface area contributed by atoms with Gasteiger partial charge in [0.2, 0.25) is 15.9 Å². The second kappa shape index (κ2) is 11.5. The highest BCUT2D eigenvalue weighted by Gasteiger charge is 2.31. The molecule has 1 heterocycles. The summed E-state index contributed by atoms with van der Waals surface area (Å²) in [6.45, 7) is 5.08. The third-order valence-corrected chi connectivity index (χ3v) is 7.77. The summed E-state index contributed by atoms with van der Waals surface area (Å²) in [5.41, 5.74) is 1.03. The lowest BCUT2D eigenvalue weighted by Crippen LogP contribution is -2.47. The van der Waals surface area contributed by atoms with E-state index in [1.54, 1.807) is 17.0 Å². The SMILES string of the molecule is COc1ccc(OC)c(S(=O)(=O)N(CCC(=O)N2CCNCC2)C[C@H](C)c2ccccc2)c1. The van der Waals surface area contributed by atoms with Gasteiger partial charge in [-0.1, -0.05) is 37.3 Å². The number of methoxy groups -OCH3 is 2. The number of amides is 1. The molecule has 0 aromatic heterocycles. The van der Waals surface area contributed by atoms with Crippen molar-refractivity contribution in [1.29, 1.82) is 0 Å². The lowest BCUT2D eigenvalue weighted by molar-refractivity contribution is -0.131. The van der Waals surface area contributed by atoms with E-state index in [2.05, 4.69) is 5.32 Å². The molecule has 2 aromatic carbocycles. The smallest absolute Gasteiger partial charge is 0.246 e. The molecule has 0 aliphatic carbocycles. The summed E-state index contributed by atoms with van der Waals surface area (Å²) in [5, 5.41) is 3.22. The van der Waals surface area contributed by atoms with Gasteiger partial charge in [0.05, 0.1) is 14.2 Å². The van der Waals surface area contributed by atoms with Gasteiger partial charge in [-0.25, -0.2) is 8.42 Å². The van der Waals surface area contributed by atoms with E-state index >= 15 is 0 Å². The van der Waals surface area contributed by atoms with E-state index < -0.39 is 10.0 Å². The van der Waals surface area contributed by atoms with E-state index in [9.17, 15) is 13.2 Å². The number of ether oxygens (including phenoxy) is 2. The molecule has 1 atom stereocenters. The Morgan fingerprint density at radius 2 is 1.79 bits per heavy atom. The third kappa shape index (κ3) is 6.25. The molecule has 0 unspecified atom stereocenters. The van der Waals surface area contributed by atoms with Crippen molar-refractivity contribution < 1.29 is 22.7 Å². The molecule has 1 fully saturated rings. The van der Waals surface area contributed by atoms with E-state index in [0.717, 1.165) is 18.7 Å². The lowest BCUT2D eigenvalue weighted by Gasteiger charge is -2.30. The van der Waals surface area contributed by atoms with Crippen LogP contribution in [-0.4, -0.2) is 77.0 Å². The van der Waals surface area contributed by atoms with E-state index in [4.69, 9.17) is 9.47 Å². The summed E-state index contributed by atoms with van der Waals surface area (Å²) >= 11 is 0. The summed E-state index contributed by atoms with van der Waals surface area (Å²) in [6, 6.07) is 14.5. The van der Waals surface area contributed by atoms with Gasteiger partial charge in [-0.3, -0.25) is 4.79 Å². The zero-order valence-electron chi connectivity index (χ0n) is 19.5. The Balaban J connectivity index is 1.88. The van der Waals surface area contributed by atoms with E-state index in [-0.39, 0.29) is 42.0 Å². The normalized spacial score (nSPS) is 15.3. The minimum absolute atomic E-state index is 0.0271. The molecule has 180 valence electrons. The molecule has 0 bridgehead atoms. The zero-order valence-corrected chi connectivity index (χ0v) is 20.3. The van der Waals surface area contributed by atoms with Crippen molar-refractivity contribution >= 4 is 15.9 Å². The van der Waals surface area contributed by atoms with Crippen molar-refractivity contribution in [2.75, 3.05) is 53.5 Å². The number of carbonyl (C=O) groups excluding carboxylic acids is 1. The number of hydrogen-bond acceptors (Lipinski definition) is 6. The number of nitrogens with zero attached hydrogens (tertiary/aromatic N) is 2. The first-order valence-corrected chi connectivity index (χ1v) is 12.6. The maximum Gasteiger partial charge on any atom is 0.246 e. The molecule has 0 spiro atoms. The first kappa shape index (κ1) is 25.0. The van der Waals surface area contributed by atoms with Crippen LogP contribution in [0.25, 0.3) is 0 Å². The van der Waals surface area contributed by atoms with E-state index in [0.29, 0.717) is 18.8 Å². The van der Waals surface area contributed by atoms with Crippen molar-refractivity contribution in [3.63, 3.8) is 0 Å². The fourth-order valence-corrected chi connectivity index (χ4v) is 5.62. The number of benzene rings is 2. The van der Waals surface area contributed by atoms with Crippen LogP contribution in [-0.2, 0) is 14.8 Å². The number of rotatable bonds is 10. The van der Waals surface area contributed by atoms with Crippen LogP contribution < -0.4 is 14.8 Å². The Morgan fingerprint density at radius 1 is 1.09 bits per heavy atom. The van der Waals surface area contributed by atoms with Crippen molar-refractivity contribution in [2.24, 2.45) is 0 Å². The number of nitrogens with one attached hydrogen (secondary N) is 1. The molecule has 1 aliphatic heterocycles. The number of sulfonamides is 1. The molecule has 1 aliphatic rings. The van der Waals surface area contributed by atoms with Crippen molar-refractivity contribution in [3.05, 3.63) is 54.1 Å². The van der Waals surface area contributed by atoms with Gasteiger partial charge < -0.3 is 19.7 Å². The van der Waals surface area contributed by atoms with Crippen LogP contribution in [0.15, 0.2) is 53.4 Å². The standard InChI is InChI=1S/C24H33N3O5S/c1-19(20-7-5-4-6-8-20)18-27(14-11-24(28)26-15-12-25-13-16-26)33(29,30)23-17-21(31-2)9-10-22(23)32-3/h4-10,17,19,25H,11-16,18H2,1-3H3/t19-/m0/s1. The van der Waals surface area contributed by atoms with Crippen LogP contribution in [0.5, 0.6) is 11.5 Å². The highest BCUT2D eigenvalue weighted by molar-refractivity contribution is 7.89. The average Bonchev–Trinajstić information content (AvgIpc) is 2.86. The maximum absolute atomic E-state index is 13.8. The topological polar surface area (TPSA) is 88.2 Å². The van der Waals surface area contributed by atoms with Crippen LogP contribution in [0.3, 0.4) is 0 Å². The Kier molecular flexibility index (Phi) is 8.71. The molecule has 0 saturated carbocycles. The predicted molar refractivity (Wildman–Crippen MR) is 127 cm³/mol. The molecule has 2 aromatic rings. The van der Waals surface area contributed by atoms with Gasteiger partial charge in [0.25, 0.3) is 0 Å². The molecule has 1 amide bonds. The summed E-state index contributed by atoms with van der Waals surface area (Å²) < 4.78 is 39.6. The average molecular weight is 476 g/mol. The molecule has 0 radical (unpaired) electrons. The van der Waals surface area contributed by atoms with Crippen LogP contribution >= 0.6 is 0 Å². The van der Waals surface area contributed by atoms with Crippen LogP contribution in [0.1, 0.15) is 24.8 Å². The van der Waals surface area contributed by atoms with Gasteiger partial charge in [-0.15, -0.1) is 0 Å². The summed E-state index contributed by atoms with van der Waals surface area (Å²) in [4.78, 5) is 14.6. The van der Waals surface area contributed by atoms with Crippen molar-refractivity contribution in [3.8, 4) is 11.5 Å². The number of hydrogen-bond donors (Lipinski definition) is 1. The Labute approximate surface area is 196 Å². The summed E-state index contributed by atoms with van der Waals surface area (Å²) in [7, 11) is -1.04. The lowest BCUT2D eigenvalue weighted by atomic mass is 10.0. The highest BCUT2D eigenvalue weighted by atomic mass is 32.2. The maximum atomic E-state index is 13.8. The van der Waals surface area contributed by atoms with Gasteiger partial charge in [0.15, 0.2) is 0 Å². The van der Waals surface area contributed by atoms with Crippen LogP contribution in [0.2, 0.25) is 0 Å². The summed E-state index contributed by atoms with van der Waals surface area (Å²) in [5.74, 6) is 0.553. The van der Waals surface area contributed by atoms with Crippen LogP contribution in [0.4, 0.5) is 0 Å². The van der Waals surface area contributed by atoms with Crippen LogP contribution in [0, 0.1) is 0 Å². The quantitative estimate of drug-likeness (QED) is 0.568. The van der Waals surface area contributed by atoms with Gasteiger partial charge >= 0.3 is 0 Å². The molecular formula is C24H33N3O5S. The molecule has 33 heavy (non-hydrogen) atoms. The fourth-order valence-electron chi connectivity index (χ4n) is 3.92. The Hall–Kier alpha value is -2.62. The van der Waals surface area contributed by atoms with Crippen molar-refractivity contribution in [2.45, 2.75) is 24.2 Å². The van der Waals surface area contributed by atoms with Gasteiger partial charge in [-0.05, 0) is 23.6 Å². The molecule has 1 saturated heterocycles. The fraction of sp³-hybridized carbons (Fsp3) is 0.458. The van der Waals surface area contributed by atoms with Gasteiger partial charge in [0, 0.05) is 51.8 Å². The number of carbonyl (C=O) groups is 1. The minimum atomic E-state index is -3.96. The van der Waals surface area contributed by atoms with Gasteiger partial charge in [0.1, 0.15) is 16.4 Å². The number of piperazine rings is 1. The second-order valence-corrected chi connectivity index (χ2v) is 9.98. The zero-order chi connectivity index (χ0) is 23.8. The third-order valence-electron chi connectivity index (χ3n) is 5.88. The summed E-state index contributed by atoms with van der Waals surface area (Å²) in [6.07, 6.45) is 0.118. The van der Waals surface area contributed by atoms with E-state index in [1.807, 2.05) is 37.3 Å². The first-order chi connectivity index (χ1) is 15.9. The minimum Gasteiger partial charge on any atom is -0.497 e. The molecule has 3 rings (SSSR count). The van der Waals surface area contributed by atoms with E-state index in [1.165, 1.54) is 24.6 Å².